The lowest BCUT2D eigenvalue weighted by atomic mass is 9.98. The molecular weight excluding hydrogens is 438 g/mol. The van der Waals surface area contributed by atoms with Crippen molar-refractivity contribution in [2.75, 3.05) is 38.2 Å². The summed E-state index contributed by atoms with van der Waals surface area (Å²) in [6, 6.07) is 4.67. The minimum atomic E-state index is -3.79. The Balaban J connectivity index is 1.92. The van der Waals surface area contributed by atoms with Gasteiger partial charge in [0.2, 0.25) is 10.0 Å². The summed E-state index contributed by atoms with van der Waals surface area (Å²) in [6.07, 6.45) is 0. The SMILES string of the molecule is CCOc1ccc(NC(=O)c2sc(C(C)(C)C)nc2C)cc1S(=O)(=O)N1CCOCC1. The number of hydrogen-bond acceptors (Lipinski definition) is 7. The van der Waals surface area contributed by atoms with E-state index in [2.05, 4.69) is 10.3 Å². The van der Waals surface area contributed by atoms with Crippen LogP contribution in [0.2, 0.25) is 0 Å². The summed E-state index contributed by atoms with van der Waals surface area (Å²) in [6.45, 7) is 11.3. The van der Waals surface area contributed by atoms with Gasteiger partial charge in [-0.1, -0.05) is 20.8 Å². The standard InChI is InChI=1S/C21H29N3O5S2/c1-6-29-16-8-7-15(13-17(16)31(26,27)24-9-11-28-12-10-24)23-19(25)18-14(2)22-20(30-18)21(3,4)5/h7-8,13H,6,9-12H2,1-5H3,(H,23,25). The Kier molecular flexibility index (Phi) is 7.04. The van der Waals surface area contributed by atoms with Gasteiger partial charge in [0.05, 0.1) is 30.5 Å². The molecule has 0 bridgehead atoms. The monoisotopic (exact) mass is 467 g/mol. The number of nitrogens with zero attached hydrogens (tertiary/aromatic N) is 2. The van der Waals surface area contributed by atoms with Crippen LogP contribution in [0.1, 0.15) is 48.1 Å². The van der Waals surface area contributed by atoms with Gasteiger partial charge in [-0.3, -0.25) is 4.79 Å². The Hall–Kier alpha value is -2.01. The molecule has 0 radical (unpaired) electrons. The van der Waals surface area contributed by atoms with E-state index in [1.54, 1.807) is 26.0 Å². The molecule has 2 heterocycles. The molecule has 0 atom stereocenters. The van der Waals surface area contributed by atoms with Gasteiger partial charge in [-0.05, 0) is 32.0 Å². The van der Waals surface area contributed by atoms with Crippen molar-refractivity contribution < 1.29 is 22.7 Å². The van der Waals surface area contributed by atoms with Gasteiger partial charge in [0.1, 0.15) is 15.5 Å². The van der Waals surface area contributed by atoms with Gasteiger partial charge in [-0.25, -0.2) is 13.4 Å². The van der Waals surface area contributed by atoms with E-state index >= 15 is 0 Å². The molecular formula is C21H29N3O5S2. The van der Waals surface area contributed by atoms with Crippen molar-refractivity contribution in [3.8, 4) is 5.75 Å². The summed E-state index contributed by atoms with van der Waals surface area (Å²) in [5.41, 5.74) is 0.872. The molecule has 8 nitrogen and oxygen atoms in total. The number of hydrogen-bond donors (Lipinski definition) is 1. The normalized spacial score (nSPS) is 15.6. The van der Waals surface area contributed by atoms with Crippen LogP contribution < -0.4 is 10.1 Å². The lowest BCUT2D eigenvalue weighted by Crippen LogP contribution is -2.40. The first-order chi connectivity index (χ1) is 14.5. The van der Waals surface area contributed by atoms with Crippen molar-refractivity contribution in [1.82, 2.24) is 9.29 Å². The minimum absolute atomic E-state index is 0.0328. The zero-order valence-corrected chi connectivity index (χ0v) is 20.2. The van der Waals surface area contributed by atoms with Gasteiger partial charge in [0.15, 0.2) is 0 Å². The van der Waals surface area contributed by atoms with E-state index in [1.165, 1.54) is 21.7 Å². The maximum Gasteiger partial charge on any atom is 0.267 e. The van der Waals surface area contributed by atoms with Crippen molar-refractivity contribution >= 4 is 33.0 Å². The number of aromatic nitrogens is 1. The summed E-state index contributed by atoms with van der Waals surface area (Å²) in [7, 11) is -3.79. The Morgan fingerprint density at radius 2 is 1.97 bits per heavy atom. The van der Waals surface area contributed by atoms with Gasteiger partial charge in [-0.15, -0.1) is 11.3 Å². The molecule has 1 aliphatic heterocycles. The van der Waals surface area contributed by atoms with E-state index in [0.29, 0.717) is 36.1 Å². The largest absolute Gasteiger partial charge is 0.492 e. The number of thiazole rings is 1. The number of anilines is 1. The fourth-order valence-electron chi connectivity index (χ4n) is 3.10. The average molecular weight is 468 g/mol. The molecule has 1 aromatic carbocycles. The Labute approximate surface area is 187 Å². The van der Waals surface area contributed by atoms with Crippen LogP contribution in [0.15, 0.2) is 23.1 Å². The van der Waals surface area contributed by atoms with Crippen LogP contribution in [-0.4, -0.2) is 56.5 Å². The first-order valence-corrected chi connectivity index (χ1v) is 12.4. The van der Waals surface area contributed by atoms with Crippen LogP contribution in [0, 0.1) is 6.92 Å². The van der Waals surface area contributed by atoms with Crippen LogP contribution in [0.4, 0.5) is 5.69 Å². The van der Waals surface area contributed by atoms with Crippen molar-refractivity contribution in [2.24, 2.45) is 0 Å². The number of carbonyl (C=O) groups is 1. The molecule has 1 amide bonds. The first kappa shape index (κ1) is 23.6. The number of aryl methyl sites for hydroxylation is 1. The van der Waals surface area contributed by atoms with Crippen molar-refractivity contribution in [1.29, 1.82) is 0 Å². The molecule has 31 heavy (non-hydrogen) atoms. The summed E-state index contributed by atoms with van der Waals surface area (Å²) >= 11 is 1.35. The molecule has 1 N–H and O–H groups in total. The molecule has 0 spiro atoms. The summed E-state index contributed by atoms with van der Waals surface area (Å²) < 4.78 is 38.7. The zero-order valence-electron chi connectivity index (χ0n) is 18.5. The van der Waals surface area contributed by atoms with Gasteiger partial charge in [0, 0.05) is 24.2 Å². The Morgan fingerprint density at radius 1 is 1.29 bits per heavy atom. The summed E-state index contributed by atoms with van der Waals surface area (Å²) in [5, 5.41) is 3.69. The van der Waals surface area contributed by atoms with Crippen LogP contribution in [0.5, 0.6) is 5.75 Å². The highest BCUT2D eigenvalue weighted by atomic mass is 32.2. The topological polar surface area (TPSA) is 97.8 Å². The number of morpholine rings is 1. The Bertz CT molecular complexity index is 1050. The van der Waals surface area contributed by atoms with E-state index in [4.69, 9.17) is 9.47 Å². The first-order valence-electron chi connectivity index (χ1n) is 10.2. The second-order valence-electron chi connectivity index (χ2n) is 8.25. The van der Waals surface area contributed by atoms with E-state index < -0.39 is 10.0 Å². The van der Waals surface area contributed by atoms with Crippen LogP contribution in [-0.2, 0) is 20.2 Å². The van der Waals surface area contributed by atoms with Gasteiger partial charge >= 0.3 is 0 Å². The number of carbonyl (C=O) groups excluding carboxylic acids is 1. The second-order valence-corrected chi connectivity index (χ2v) is 11.2. The Morgan fingerprint density at radius 3 is 2.55 bits per heavy atom. The molecule has 3 rings (SSSR count). The lowest BCUT2D eigenvalue weighted by molar-refractivity contribution is 0.0729. The smallest absolute Gasteiger partial charge is 0.267 e. The number of rotatable bonds is 6. The van der Waals surface area contributed by atoms with E-state index in [-0.39, 0.29) is 35.1 Å². The summed E-state index contributed by atoms with van der Waals surface area (Å²) in [5.74, 6) is -0.0552. The highest BCUT2D eigenvalue weighted by Crippen LogP contribution is 2.32. The predicted octanol–water partition coefficient (Wildman–Crippen LogP) is 3.42. The maximum absolute atomic E-state index is 13.2. The zero-order chi connectivity index (χ0) is 22.8. The number of benzene rings is 1. The van der Waals surface area contributed by atoms with Gasteiger partial charge < -0.3 is 14.8 Å². The molecule has 10 heteroatoms. The second kappa shape index (κ2) is 9.23. The van der Waals surface area contributed by atoms with Gasteiger partial charge in [0.25, 0.3) is 5.91 Å². The maximum atomic E-state index is 13.2. The average Bonchev–Trinajstić information content (AvgIpc) is 3.12. The molecule has 1 aromatic heterocycles. The van der Waals surface area contributed by atoms with Crippen LogP contribution in [0.25, 0.3) is 0 Å². The molecule has 2 aromatic rings. The van der Waals surface area contributed by atoms with Crippen LogP contribution in [0.3, 0.4) is 0 Å². The van der Waals surface area contributed by atoms with Crippen molar-refractivity contribution in [3.63, 3.8) is 0 Å². The fraction of sp³-hybridized carbons (Fsp3) is 0.524. The molecule has 1 fully saturated rings. The molecule has 1 saturated heterocycles. The number of ether oxygens (including phenoxy) is 2. The molecule has 0 saturated carbocycles. The minimum Gasteiger partial charge on any atom is -0.492 e. The number of amides is 1. The third-order valence-electron chi connectivity index (χ3n) is 4.73. The lowest BCUT2D eigenvalue weighted by Gasteiger charge is -2.27. The highest BCUT2D eigenvalue weighted by Gasteiger charge is 2.30. The fourth-order valence-corrected chi connectivity index (χ4v) is 5.69. The van der Waals surface area contributed by atoms with Crippen molar-refractivity contribution in [2.45, 2.75) is 44.9 Å². The third kappa shape index (κ3) is 5.25. The molecule has 1 aliphatic rings. The molecule has 170 valence electrons. The van der Waals surface area contributed by atoms with E-state index in [9.17, 15) is 13.2 Å². The third-order valence-corrected chi connectivity index (χ3v) is 8.24. The molecule has 0 aliphatic carbocycles. The van der Waals surface area contributed by atoms with Gasteiger partial charge in [-0.2, -0.15) is 4.31 Å². The molecule has 0 unspecified atom stereocenters. The van der Waals surface area contributed by atoms with Crippen LogP contribution >= 0.6 is 11.3 Å². The quantitative estimate of drug-likeness (QED) is 0.699. The highest BCUT2D eigenvalue weighted by molar-refractivity contribution is 7.89. The van der Waals surface area contributed by atoms with E-state index in [0.717, 1.165) is 5.01 Å². The predicted molar refractivity (Wildman–Crippen MR) is 121 cm³/mol. The summed E-state index contributed by atoms with van der Waals surface area (Å²) in [4.78, 5) is 18.0. The van der Waals surface area contributed by atoms with E-state index in [1.807, 2.05) is 20.8 Å². The van der Waals surface area contributed by atoms with Crippen molar-refractivity contribution in [3.05, 3.63) is 33.8 Å². The number of nitrogens with one attached hydrogen (secondary N) is 1. The number of sulfonamides is 1.